The molecule has 84 valence electrons. The maximum absolute atomic E-state index is 3.57. The van der Waals surface area contributed by atoms with Crippen LogP contribution in [-0.2, 0) is 0 Å². The zero-order valence-corrected chi connectivity index (χ0v) is 11.6. The molecule has 1 heteroatoms. The predicted octanol–water partition coefficient (Wildman–Crippen LogP) is 5.45. The molecule has 0 atom stereocenters. The lowest BCUT2D eigenvalue weighted by Crippen LogP contribution is -1.83. The molecule has 0 heterocycles. The lowest BCUT2D eigenvalue weighted by Gasteiger charge is -2.07. The number of aryl methyl sites for hydroxylation is 1. The third-order valence-electron chi connectivity index (χ3n) is 2.31. The Bertz CT molecular complexity index is 403. The van der Waals surface area contributed by atoms with Gasteiger partial charge in [-0.1, -0.05) is 72.2 Å². The second-order valence-corrected chi connectivity index (χ2v) is 4.15. The van der Waals surface area contributed by atoms with Crippen molar-refractivity contribution in [2.75, 3.05) is 0 Å². The summed E-state index contributed by atoms with van der Waals surface area (Å²) >= 11 is 3.57. The van der Waals surface area contributed by atoms with Crippen LogP contribution in [0.15, 0.2) is 53.0 Å². The predicted molar refractivity (Wildman–Crippen MR) is 75.7 cm³/mol. The van der Waals surface area contributed by atoms with Crippen LogP contribution in [0.25, 0.3) is 11.1 Å². The van der Waals surface area contributed by atoms with Gasteiger partial charge in [-0.2, -0.15) is 0 Å². The van der Waals surface area contributed by atoms with Crippen LogP contribution in [0.2, 0.25) is 0 Å². The zero-order chi connectivity index (χ0) is 12.0. The van der Waals surface area contributed by atoms with E-state index in [1.165, 1.54) is 16.7 Å². The van der Waals surface area contributed by atoms with Gasteiger partial charge in [-0.05, 0) is 29.7 Å². The summed E-state index contributed by atoms with van der Waals surface area (Å²) in [6, 6.07) is 16.7. The smallest absolute Gasteiger partial charge is 0.0253 e. The average Bonchev–Trinajstić information content (AvgIpc) is 2.34. The van der Waals surface area contributed by atoms with E-state index in [1.807, 2.05) is 19.9 Å². The molecule has 0 N–H and O–H groups in total. The second kappa shape index (κ2) is 6.49. The van der Waals surface area contributed by atoms with E-state index in [0.29, 0.717) is 0 Å². The van der Waals surface area contributed by atoms with Crippen molar-refractivity contribution in [3.05, 3.63) is 58.6 Å². The van der Waals surface area contributed by atoms with Crippen molar-refractivity contribution in [1.82, 2.24) is 0 Å². The summed E-state index contributed by atoms with van der Waals surface area (Å²) < 4.78 is 1.15. The molecule has 2 rings (SSSR count). The Morgan fingerprint density at radius 3 is 1.81 bits per heavy atom. The molecule has 0 saturated heterocycles. The number of halogens is 1. The molecule has 0 aliphatic rings. The molecule has 0 spiro atoms. The quantitative estimate of drug-likeness (QED) is 0.650. The van der Waals surface area contributed by atoms with Crippen LogP contribution in [0.4, 0.5) is 0 Å². The van der Waals surface area contributed by atoms with E-state index in [1.54, 1.807) is 0 Å². The van der Waals surface area contributed by atoms with Gasteiger partial charge in [0.25, 0.3) is 0 Å². The highest BCUT2D eigenvalue weighted by molar-refractivity contribution is 9.10. The molecule has 0 amide bonds. The Morgan fingerprint density at radius 1 is 0.750 bits per heavy atom. The van der Waals surface area contributed by atoms with Crippen molar-refractivity contribution in [3.8, 4) is 11.1 Å². The fourth-order valence-electron chi connectivity index (χ4n) is 1.55. The Balaban J connectivity index is 0.000000606. The van der Waals surface area contributed by atoms with Gasteiger partial charge in [0.2, 0.25) is 0 Å². The molecular formula is C15H17Br. The van der Waals surface area contributed by atoms with Gasteiger partial charge < -0.3 is 0 Å². The largest absolute Gasteiger partial charge is 0.0683 e. The lowest BCUT2D eigenvalue weighted by atomic mass is 10.0. The van der Waals surface area contributed by atoms with E-state index in [0.717, 1.165) is 4.47 Å². The van der Waals surface area contributed by atoms with E-state index in [4.69, 9.17) is 0 Å². The topological polar surface area (TPSA) is 0 Å². The van der Waals surface area contributed by atoms with Crippen molar-refractivity contribution in [2.45, 2.75) is 20.8 Å². The maximum atomic E-state index is 3.57. The number of benzene rings is 2. The average molecular weight is 277 g/mol. The monoisotopic (exact) mass is 276 g/mol. The van der Waals surface area contributed by atoms with Gasteiger partial charge in [-0.3, -0.25) is 0 Å². The molecular weight excluding hydrogens is 260 g/mol. The standard InChI is InChI=1S/C13H11Br.C2H6/c1-10-6-2-3-7-11(10)12-8-4-5-9-13(12)14;1-2/h2-9H,1H3;1-2H3. The summed E-state index contributed by atoms with van der Waals surface area (Å²) in [5, 5.41) is 0. The summed E-state index contributed by atoms with van der Waals surface area (Å²) in [5.41, 5.74) is 3.85. The molecule has 0 radical (unpaired) electrons. The molecule has 2 aromatic rings. The summed E-state index contributed by atoms with van der Waals surface area (Å²) in [6.45, 7) is 6.13. The fourth-order valence-corrected chi connectivity index (χ4v) is 2.05. The molecule has 0 unspecified atom stereocenters. The van der Waals surface area contributed by atoms with Crippen molar-refractivity contribution in [1.29, 1.82) is 0 Å². The number of hydrogen-bond donors (Lipinski definition) is 0. The third-order valence-corrected chi connectivity index (χ3v) is 3.00. The van der Waals surface area contributed by atoms with Gasteiger partial charge in [-0.25, -0.2) is 0 Å². The first-order valence-electron chi connectivity index (χ1n) is 5.59. The SMILES string of the molecule is CC.Cc1ccccc1-c1ccccc1Br. The third kappa shape index (κ3) is 2.96. The zero-order valence-electron chi connectivity index (χ0n) is 10.00. The van der Waals surface area contributed by atoms with Gasteiger partial charge in [-0.15, -0.1) is 0 Å². The molecule has 0 fully saturated rings. The minimum absolute atomic E-state index is 1.15. The van der Waals surface area contributed by atoms with Crippen LogP contribution in [0.3, 0.4) is 0 Å². The van der Waals surface area contributed by atoms with Gasteiger partial charge in [0.1, 0.15) is 0 Å². The molecule has 0 nitrogen and oxygen atoms in total. The van der Waals surface area contributed by atoms with Gasteiger partial charge >= 0.3 is 0 Å². The first kappa shape index (κ1) is 13.0. The van der Waals surface area contributed by atoms with Crippen LogP contribution in [0.1, 0.15) is 19.4 Å². The fraction of sp³-hybridized carbons (Fsp3) is 0.200. The summed E-state index contributed by atoms with van der Waals surface area (Å²) in [6.07, 6.45) is 0. The molecule has 0 bridgehead atoms. The maximum Gasteiger partial charge on any atom is 0.0253 e. The van der Waals surface area contributed by atoms with E-state index in [9.17, 15) is 0 Å². The van der Waals surface area contributed by atoms with Crippen molar-refractivity contribution in [3.63, 3.8) is 0 Å². The first-order valence-corrected chi connectivity index (χ1v) is 6.39. The first-order chi connectivity index (χ1) is 7.79. The molecule has 16 heavy (non-hydrogen) atoms. The highest BCUT2D eigenvalue weighted by Gasteiger charge is 2.03. The minimum atomic E-state index is 1.15. The number of rotatable bonds is 1. The molecule has 0 aliphatic carbocycles. The van der Waals surface area contributed by atoms with Crippen LogP contribution in [0, 0.1) is 6.92 Å². The van der Waals surface area contributed by atoms with E-state index < -0.39 is 0 Å². The summed E-state index contributed by atoms with van der Waals surface area (Å²) in [7, 11) is 0. The van der Waals surface area contributed by atoms with E-state index in [-0.39, 0.29) is 0 Å². The van der Waals surface area contributed by atoms with Crippen LogP contribution in [-0.4, -0.2) is 0 Å². The second-order valence-electron chi connectivity index (χ2n) is 3.29. The lowest BCUT2D eigenvalue weighted by molar-refractivity contribution is 1.45. The minimum Gasteiger partial charge on any atom is -0.0683 e. The van der Waals surface area contributed by atoms with E-state index in [2.05, 4.69) is 65.3 Å². The Hall–Kier alpha value is -1.08. The molecule has 0 aliphatic heterocycles. The van der Waals surface area contributed by atoms with Crippen LogP contribution in [0.5, 0.6) is 0 Å². The van der Waals surface area contributed by atoms with Crippen molar-refractivity contribution in [2.24, 2.45) is 0 Å². The van der Waals surface area contributed by atoms with Crippen LogP contribution >= 0.6 is 15.9 Å². The van der Waals surface area contributed by atoms with Crippen molar-refractivity contribution < 1.29 is 0 Å². The molecule has 0 aromatic heterocycles. The van der Waals surface area contributed by atoms with Gasteiger partial charge in [0.05, 0.1) is 0 Å². The van der Waals surface area contributed by atoms with Gasteiger partial charge in [0, 0.05) is 4.47 Å². The Morgan fingerprint density at radius 2 is 1.25 bits per heavy atom. The number of hydrogen-bond acceptors (Lipinski definition) is 0. The Labute approximate surface area is 106 Å². The Kier molecular flexibility index (Phi) is 5.27. The molecule has 2 aromatic carbocycles. The normalized spacial score (nSPS) is 9.25. The highest BCUT2D eigenvalue weighted by atomic mass is 79.9. The highest BCUT2D eigenvalue weighted by Crippen LogP contribution is 2.29. The molecule has 0 saturated carbocycles. The summed E-state index contributed by atoms with van der Waals surface area (Å²) in [5.74, 6) is 0. The van der Waals surface area contributed by atoms with Crippen molar-refractivity contribution >= 4 is 15.9 Å². The van der Waals surface area contributed by atoms with Crippen LogP contribution < -0.4 is 0 Å². The summed E-state index contributed by atoms with van der Waals surface area (Å²) in [4.78, 5) is 0. The van der Waals surface area contributed by atoms with E-state index >= 15 is 0 Å². The van der Waals surface area contributed by atoms with Gasteiger partial charge in [0.15, 0.2) is 0 Å².